The van der Waals surface area contributed by atoms with E-state index < -0.39 is 0 Å². The van der Waals surface area contributed by atoms with E-state index in [1.807, 2.05) is 36.9 Å². The van der Waals surface area contributed by atoms with Crippen molar-refractivity contribution in [2.45, 2.75) is 77.3 Å². The Morgan fingerprint density at radius 1 is 1.09 bits per heavy atom. The Hall–Kier alpha value is -2.21. The first-order valence-electron chi connectivity index (χ1n) is 13.1. The SMILES string of the molecule is Cc1nc(-c2ccccc2)sc1C(C)NC(=O)C1CCCN1C(=O)C12CC3CC(CC(C3)C1)C2. The van der Waals surface area contributed by atoms with Gasteiger partial charge >= 0.3 is 0 Å². The van der Waals surface area contributed by atoms with E-state index in [1.54, 1.807) is 11.3 Å². The Bertz CT molecular complexity index is 1060. The molecular formula is C28H35N3O2S. The van der Waals surface area contributed by atoms with Gasteiger partial charge in [-0.15, -0.1) is 11.3 Å². The number of hydrogen-bond acceptors (Lipinski definition) is 4. The van der Waals surface area contributed by atoms with Gasteiger partial charge in [-0.05, 0) is 83.0 Å². The fourth-order valence-electron chi connectivity index (χ4n) is 7.85. The monoisotopic (exact) mass is 477 g/mol. The zero-order valence-corrected chi connectivity index (χ0v) is 21.1. The summed E-state index contributed by atoms with van der Waals surface area (Å²) < 4.78 is 0. The topological polar surface area (TPSA) is 62.3 Å². The van der Waals surface area contributed by atoms with Gasteiger partial charge in [0.25, 0.3) is 0 Å². The van der Waals surface area contributed by atoms with Crippen LogP contribution in [-0.2, 0) is 9.59 Å². The Kier molecular flexibility index (Phi) is 5.55. The lowest BCUT2D eigenvalue weighted by atomic mass is 9.49. The van der Waals surface area contributed by atoms with Crippen molar-refractivity contribution in [3.63, 3.8) is 0 Å². The zero-order valence-electron chi connectivity index (χ0n) is 20.3. The summed E-state index contributed by atoms with van der Waals surface area (Å²) in [6, 6.07) is 9.73. The van der Waals surface area contributed by atoms with Gasteiger partial charge < -0.3 is 10.2 Å². The third-order valence-corrected chi connectivity index (χ3v) is 10.3. The largest absolute Gasteiger partial charge is 0.347 e. The van der Waals surface area contributed by atoms with Gasteiger partial charge in [0.1, 0.15) is 11.0 Å². The van der Waals surface area contributed by atoms with Crippen molar-refractivity contribution in [1.82, 2.24) is 15.2 Å². The molecule has 4 saturated carbocycles. The molecule has 0 spiro atoms. The minimum absolute atomic E-state index is 0.00265. The van der Waals surface area contributed by atoms with Gasteiger partial charge in [-0.25, -0.2) is 4.98 Å². The smallest absolute Gasteiger partial charge is 0.243 e. The predicted octanol–water partition coefficient (Wildman–Crippen LogP) is 5.50. The van der Waals surface area contributed by atoms with Gasteiger partial charge in [0.05, 0.1) is 22.0 Å². The number of carbonyl (C=O) groups is 2. The average molecular weight is 478 g/mol. The Morgan fingerprint density at radius 2 is 1.74 bits per heavy atom. The summed E-state index contributed by atoms with van der Waals surface area (Å²) in [6.07, 6.45) is 8.84. The van der Waals surface area contributed by atoms with E-state index in [4.69, 9.17) is 4.98 Å². The first kappa shape index (κ1) is 22.3. The average Bonchev–Trinajstić information content (AvgIpc) is 3.45. The highest BCUT2D eigenvalue weighted by atomic mass is 32.1. The molecular weight excluding hydrogens is 442 g/mol. The Morgan fingerprint density at radius 3 is 2.38 bits per heavy atom. The van der Waals surface area contributed by atoms with Crippen molar-refractivity contribution >= 4 is 23.2 Å². The van der Waals surface area contributed by atoms with Crippen LogP contribution in [0.25, 0.3) is 10.6 Å². The number of rotatable bonds is 5. The van der Waals surface area contributed by atoms with Crippen LogP contribution in [0.2, 0.25) is 0 Å². The molecule has 1 N–H and O–H groups in total. The van der Waals surface area contributed by atoms with Crippen molar-refractivity contribution < 1.29 is 9.59 Å². The zero-order chi connectivity index (χ0) is 23.4. The van der Waals surface area contributed by atoms with E-state index >= 15 is 0 Å². The molecule has 1 saturated heterocycles. The third kappa shape index (κ3) is 3.78. The maximum atomic E-state index is 13.9. The first-order valence-corrected chi connectivity index (χ1v) is 13.9. The fourth-order valence-corrected chi connectivity index (χ4v) is 8.92. The minimum atomic E-state index is -0.329. The van der Waals surface area contributed by atoms with E-state index in [0.717, 1.165) is 77.5 Å². The summed E-state index contributed by atoms with van der Waals surface area (Å²) in [7, 11) is 0. The normalized spacial score (nSPS) is 32.7. The number of benzene rings is 1. The van der Waals surface area contributed by atoms with Gasteiger partial charge in [0.15, 0.2) is 0 Å². The number of aromatic nitrogens is 1. The molecule has 5 nitrogen and oxygen atoms in total. The second-order valence-corrected chi connectivity index (χ2v) is 12.5. The second kappa shape index (κ2) is 8.47. The molecule has 2 aromatic rings. The van der Waals surface area contributed by atoms with Crippen LogP contribution in [0.3, 0.4) is 0 Å². The minimum Gasteiger partial charge on any atom is -0.347 e. The van der Waals surface area contributed by atoms with Gasteiger partial charge in [-0.3, -0.25) is 9.59 Å². The molecule has 1 aromatic carbocycles. The van der Waals surface area contributed by atoms with E-state index in [0.29, 0.717) is 0 Å². The number of amides is 2. The first-order chi connectivity index (χ1) is 16.4. The molecule has 4 bridgehead atoms. The van der Waals surface area contributed by atoms with Gasteiger partial charge in [-0.1, -0.05) is 30.3 Å². The molecule has 4 aliphatic carbocycles. The molecule has 1 aromatic heterocycles. The van der Waals surface area contributed by atoms with Crippen LogP contribution in [0.4, 0.5) is 0 Å². The lowest BCUT2D eigenvalue weighted by Gasteiger charge is -2.56. The maximum Gasteiger partial charge on any atom is 0.243 e. The second-order valence-electron chi connectivity index (χ2n) is 11.4. The van der Waals surface area contributed by atoms with Crippen molar-refractivity contribution in [3.05, 3.63) is 40.9 Å². The van der Waals surface area contributed by atoms with Crippen LogP contribution >= 0.6 is 11.3 Å². The van der Waals surface area contributed by atoms with Crippen LogP contribution < -0.4 is 5.32 Å². The number of nitrogens with one attached hydrogen (secondary N) is 1. The Balaban J connectivity index is 1.16. The maximum absolute atomic E-state index is 13.9. The summed E-state index contributed by atoms with van der Waals surface area (Å²) in [4.78, 5) is 35.2. The van der Waals surface area contributed by atoms with E-state index in [9.17, 15) is 9.59 Å². The number of aryl methyl sites for hydroxylation is 1. The van der Waals surface area contributed by atoms with E-state index in [-0.39, 0.29) is 29.3 Å². The molecule has 0 radical (unpaired) electrons. The summed E-state index contributed by atoms with van der Waals surface area (Å²) in [6.45, 7) is 4.78. The number of nitrogens with zero attached hydrogens (tertiary/aromatic N) is 2. The molecule has 5 fully saturated rings. The van der Waals surface area contributed by atoms with Crippen molar-refractivity contribution in [3.8, 4) is 10.6 Å². The van der Waals surface area contributed by atoms with Gasteiger partial charge in [0.2, 0.25) is 11.8 Å². The molecule has 2 heterocycles. The molecule has 2 unspecified atom stereocenters. The molecule has 6 heteroatoms. The lowest BCUT2D eigenvalue weighted by Crippen LogP contribution is -2.57. The van der Waals surface area contributed by atoms with Crippen LogP contribution in [0.1, 0.15) is 74.9 Å². The molecule has 2 atom stereocenters. The highest BCUT2D eigenvalue weighted by Crippen LogP contribution is 2.60. The molecule has 5 aliphatic rings. The quantitative estimate of drug-likeness (QED) is 0.618. The summed E-state index contributed by atoms with van der Waals surface area (Å²) in [5.41, 5.74) is 1.88. The van der Waals surface area contributed by atoms with E-state index in [2.05, 4.69) is 17.4 Å². The molecule has 1 aliphatic heterocycles. The molecule has 7 rings (SSSR count). The van der Waals surface area contributed by atoms with Crippen molar-refractivity contribution in [2.75, 3.05) is 6.54 Å². The van der Waals surface area contributed by atoms with Crippen molar-refractivity contribution in [1.29, 1.82) is 0 Å². The van der Waals surface area contributed by atoms with Crippen LogP contribution in [0.5, 0.6) is 0 Å². The Labute approximate surface area is 206 Å². The van der Waals surface area contributed by atoms with E-state index in [1.165, 1.54) is 19.3 Å². The van der Waals surface area contributed by atoms with Crippen LogP contribution in [0.15, 0.2) is 30.3 Å². The number of likely N-dealkylation sites (tertiary alicyclic amines) is 1. The van der Waals surface area contributed by atoms with Crippen LogP contribution in [0, 0.1) is 30.1 Å². The molecule has 180 valence electrons. The highest BCUT2D eigenvalue weighted by molar-refractivity contribution is 7.15. The van der Waals surface area contributed by atoms with Crippen molar-refractivity contribution in [2.24, 2.45) is 23.2 Å². The number of thiazole rings is 1. The molecule has 34 heavy (non-hydrogen) atoms. The molecule has 2 amide bonds. The van der Waals surface area contributed by atoms with Gasteiger partial charge in [0, 0.05) is 12.1 Å². The summed E-state index contributed by atoms with van der Waals surface area (Å²) in [5.74, 6) is 2.49. The third-order valence-electron chi connectivity index (χ3n) is 8.91. The fraction of sp³-hybridized carbons (Fsp3) is 0.607. The lowest BCUT2D eigenvalue weighted by molar-refractivity contribution is -0.160. The predicted molar refractivity (Wildman–Crippen MR) is 134 cm³/mol. The summed E-state index contributed by atoms with van der Waals surface area (Å²) >= 11 is 1.64. The van der Waals surface area contributed by atoms with Gasteiger partial charge in [-0.2, -0.15) is 0 Å². The summed E-state index contributed by atoms with van der Waals surface area (Å²) in [5, 5.41) is 4.22. The number of carbonyl (C=O) groups excluding carboxylic acids is 2. The standard InChI is InChI=1S/C28H35N3O2S/c1-17(24-18(2)30-26(34-24)22-7-4-3-5-8-22)29-25(32)23-9-6-10-31(23)27(33)28-14-19-11-20(15-28)13-21(12-19)16-28/h3-5,7-8,17,19-21,23H,6,9-16H2,1-2H3,(H,29,32). The van der Waals surface area contributed by atoms with Crippen LogP contribution in [-0.4, -0.2) is 34.3 Å². The number of hydrogen-bond donors (Lipinski definition) is 1. The highest BCUT2D eigenvalue weighted by Gasteiger charge is 2.56.